The predicted molar refractivity (Wildman–Crippen MR) is 82.3 cm³/mol. The Hall–Kier alpha value is -2.57. The van der Waals surface area contributed by atoms with Gasteiger partial charge >= 0.3 is 5.69 Å². The Morgan fingerprint density at radius 2 is 1.91 bits per heavy atom. The molecule has 0 aliphatic carbocycles. The number of H-pyrrole nitrogens is 2. The standard InChI is InChI=1S/C16H18N4O3/c21-15(14-9-18-16(22)19-14)20-10-1-2-11(20)8-13(7-10)23-12-3-5-17-6-4-12/h3-6,9-11,13H,1-2,7-8H2,(H2,18,19,22). The summed E-state index contributed by atoms with van der Waals surface area (Å²) in [6, 6.07) is 4.05. The van der Waals surface area contributed by atoms with Crippen LogP contribution in [0.5, 0.6) is 5.75 Å². The van der Waals surface area contributed by atoms with E-state index in [1.165, 1.54) is 6.20 Å². The van der Waals surface area contributed by atoms with Crippen molar-refractivity contribution in [1.82, 2.24) is 19.9 Å². The molecular formula is C16H18N4O3. The number of pyridine rings is 1. The van der Waals surface area contributed by atoms with Gasteiger partial charge in [0.2, 0.25) is 0 Å². The summed E-state index contributed by atoms with van der Waals surface area (Å²) in [4.78, 5) is 34.8. The molecule has 2 unspecified atom stereocenters. The summed E-state index contributed by atoms with van der Waals surface area (Å²) in [7, 11) is 0. The van der Waals surface area contributed by atoms with Gasteiger partial charge in [-0.3, -0.25) is 9.78 Å². The lowest BCUT2D eigenvalue weighted by atomic mass is 9.99. The summed E-state index contributed by atoms with van der Waals surface area (Å²) in [6.07, 6.45) is 8.60. The Bertz CT molecular complexity index is 740. The highest BCUT2D eigenvalue weighted by molar-refractivity contribution is 5.92. The van der Waals surface area contributed by atoms with Crippen molar-refractivity contribution in [1.29, 1.82) is 0 Å². The number of hydrogen-bond donors (Lipinski definition) is 2. The summed E-state index contributed by atoms with van der Waals surface area (Å²) in [5, 5.41) is 0. The molecule has 4 heterocycles. The van der Waals surface area contributed by atoms with Gasteiger partial charge in [0.1, 0.15) is 17.5 Å². The number of ether oxygens (including phenoxy) is 1. The molecule has 2 fully saturated rings. The van der Waals surface area contributed by atoms with Crippen LogP contribution in [0, 0.1) is 0 Å². The summed E-state index contributed by atoms with van der Waals surface area (Å²) < 4.78 is 6.03. The highest BCUT2D eigenvalue weighted by Crippen LogP contribution is 2.37. The number of piperidine rings is 1. The number of nitrogens with one attached hydrogen (secondary N) is 2. The van der Waals surface area contributed by atoms with Crippen molar-refractivity contribution in [2.24, 2.45) is 0 Å². The van der Waals surface area contributed by atoms with Gasteiger partial charge in [0.25, 0.3) is 5.91 Å². The number of fused-ring (bicyclic) bond motifs is 2. The minimum Gasteiger partial charge on any atom is -0.490 e. The second-order valence-corrected chi connectivity index (χ2v) is 6.15. The molecule has 0 aromatic carbocycles. The number of imidazole rings is 1. The fourth-order valence-corrected chi connectivity index (χ4v) is 3.75. The molecule has 2 aliphatic rings. The minimum atomic E-state index is -0.350. The molecule has 120 valence electrons. The maximum Gasteiger partial charge on any atom is 0.323 e. The maximum absolute atomic E-state index is 12.6. The van der Waals surface area contributed by atoms with E-state index in [0.29, 0.717) is 5.69 Å². The first-order valence-corrected chi connectivity index (χ1v) is 7.88. The number of hydrogen-bond acceptors (Lipinski definition) is 4. The third-order valence-electron chi connectivity index (χ3n) is 4.70. The van der Waals surface area contributed by atoms with Crippen molar-refractivity contribution >= 4 is 5.91 Å². The molecule has 7 nitrogen and oxygen atoms in total. The number of rotatable bonds is 3. The van der Waals surface area contributed by atoms with Crippen molar-refractivity contribution in [2.45, 2.75) is 43.9 Å². The number of aromatic amines is 2. The van der Waals surface area contributed by atoms with E-state index in [-0.39, 0.29) is 29.8 Å². The second-order valence-electron chi connectivity index (χ2n) is 6.15. The van der Waals surface area contributed by atoms with E-state index in [0.717, 1.165) is 31.4 Å². The fraction of sp³-hybridized carbons (Fsp3) is 0.438. The fourth-order valence-electron chi connectivity index (χ4n) is 3.75. The summed E-state index contributed by atoms with van der Waals surface area (Å²) in [5.74, 6) is 0.720. The number of aromatic nitrogens is 3. The summed E-state index contributed by atoms with van der Waals surface area (Å²) in [5.41, 5.74) is -0.0167. The van der Waals surface area contributed by atoms with Crippen molar-refractivity contribution in [3.05, 3.63) is 46.9 Å². The lowest BCUT2D eigenvalue weighted by Gasteiger charge is -2.38. The second kappa shape index (κ2) is 5.57. The van der Waals surface area contributed by atoms with Crippen LogP contribution < -0.4 is 10.4 Å². The zero-order chi connectivity index (χ0) is 15.8. The Balaban J connectivity index is 1.48. The van der Waals surface area contributed by atoms with Gasteiger partial charge in [-0.15, -0.1) is 0 Å². The Kier molecular flexibility index (Phi) is 3.40. The molecule has 2 aromatic rings. The first kappa shape index (κ1) is 14.0. The first-order valence-electron chi connectivity index (χ1n) is 7.88. The van der Waals surface area contributed by atoms with Gasteiger partial charge in [-0.2, -0.15) is 0 Å². The van der Waals surface area contributed by atoms with Crippen molar-refractivity contribution in [3.8, 4) is 5.75 Å². The Labute approximate surface area is 132 Å². The van der Waals surface area contributed by atoms with Crippen LogP contribution in [0.3, 0.4) is 0 Å². The van der Waals surface area contributed by atoms with Gasteiger partial charge in [-0.05, 0) is 25.0 Å². The van der Waals surface area contributed by atoms with E-state index in [2.05, 4.69) is 15.0 Å². The van der Waals surface area contributed by atoms with E-state index in [1.807, 2.05) is 17.0 Å². The topological polar surface area (TPSA) is 91.1 Å². The van der Waals surface area contributed by atoms with Gasteiger partial charge in [-0.25, -0.2) is 4.79 Å². The normalized spacial score (nSPS) is 26.3. The highest BCUT2D eigenvalue weighted by Gasteiger charge is 2.44. The van der Waals surface area contributed by atoms with Crippen LogP contribution in [0.4, 0.5) is 0 Å². The smallest absolute Gasteiger partial charge is 0.323 e. The molecule has 2 saturated heterocycles. The zero-order valence-electron chi connectivity index (χ0n) is 12.6. The van der Waals surface area contributed by atoms with Gasteiger partial charge < -0.3 is 19.6 Å². The van der Waals surface area contributed by atoms with Crippen LogP contribution in [0.2, 0.25) is 0 Å². The monoisotopic (exact) mass is 314 g/mol. The molecule has 0 spiro atoms. The van der Waals surface area contributed by atoms with Gasteiger partial charge in [0, 0.05) is 43.5 Å². The molecule has 1 amide bonds. The SMILES string of the molecule is O=C(c1c[nH]c(=O)[nH]1)N1C2CCC1CC(Oc1ccncc1)C2. The van der Waals surface area contributed by atoms with E-state index in [4.69, 9.17) is 4.74 Å². The first-order chi connectivity index (χ1) is 11.2. The average Bonchev–Trinajstić information content (AvgIpc) is 3.10. The van der Waals surface area contributed by atoms with Gasteiger partial charge in [-0.1, -0.05) is 0 Å². The molecule has 2 atom stereocenters. The van der Waals surface area contributed by atoms with Crippen LogP contribution >= 0.6 is 0 Å². The molecule has 7 heteroatoms. The lowest BCUT2D eigenvalue weighted by molar-refractivity contribution is 0.0354. The van der Waals surface area contributed by atoms with Crippen LogP contribution in [-0.2, 0) is 0 Å². The van der Waals surface area contributed by atoms with E-state index in [1.54, 1.807) is 12.4 Å². The average molecular weight is 314 g/mol. The van der Waals surface area contributed by atoms with Crippen LogP contribution in [0.1, 0.15) is 36.2 Å². The number of carbonyl (C=O) groups excluding carboxylic acids is 1. The van der Waals surface area contributed by atoms with Gasteiger partial charge in [0.05, 0.1) is 0 Å². The van der Waals surface area contributed by atoms with E-state index in [9.17, 15) is 9.59 Å². The molecule has 2 bridgehead atoms. The molecule has 2 aliphatic heterocycles. The molecule has 0 saturated carbocycles. The van der Waals surface area contributed by atoms with Crippen LogP contribution in [0.15, 0.2) is 35.5 Å². The Morgan fingerprint density at radius 3 is 2.52 bits per heavy atom. The summed E-state index contributed by atoms with van der Waals surface area (Å²) in [6.45, 7) is 0. The van der Waals surface area contributed by atoms with Crippen LogP contribution in [-0.4, -0.2) is 43.9 Å². The van der Waals surface area contributed by atoms with Crippen molar-refractivity contribution < 1.29 is 9.53 Å². The third-order valence-corrected chi connectivity index (χ3v) is 4.70. The number of carbonyl (C=O) groups is 1. The molecule has 2 N–H and O–H groups in total. The van der Waals surface area contributed by atoms with Crippen molar-refractivity contribution in [3.63, 3.8) is 0 Å². The lowest BCUT2D eigenvalue weighted by Crippen LogP contribution is -2.49. The van der Waals surface area contributed by atoms with E-state index < -0.39 is 0 Å². The molecular weight excluding hydrogens is 296 g/mol. The molecule has 2 aromatic heterocycles. The van der Waals surface area contributed by atoms with Gasteiger partial charge in [0.15, 0.2) is 0 Å². The largest absolute Gasteiger partial charge is 0.490 e. The molecule has 4 rings (SSSR count). The highest BCUT2D eigenvalue weighted by atomic mass is 16.5. The molecule has 23 heavy (non-hydrogen) atoms. The summed E-state index contributed by atoms with van der Waals surface area (Å²) >= 11 is 0. The van der Waals surface area contributed by atoms with E-state index >= 15 is 0 Å². The Morgan fingerprint density at radius 1 is 1.22 bits per heavy atom. The number of amides is 1. The minimum absolute atomic E-state index is 0.0989. The van der Waals surface area contributed by atoms with Crippen molar-refractivity contribution in [2.75, 3.05) is 0 Å². The third kappa shape index (κ3) is 2.62. The number of nitrogens with zero attached hydrogens (tertiary/aromatic N) is 2. The zero-order valence-corrected chi connectivity index (χ0v) is 12.6. The van der Waals surface area contributed by atoms with Crippen LogP contribution in [0.25, 0.3) is 0 Å². The maximum atomic E-state index is 12.6. The quantitative estimate of drug-likeness (QED) is 0.893. The molecule has 0 radical (unpaired) electrons. The predicted octanol–water partition coefficient (Wildman–Crippen LogP) is 1.31.